The zero-order valence-corrected chi connectivity index (χ0v) is 11.2. The summed E-state index contributed by atoms with van der Waals surface area (Å²) in [5, 5.41) is 12.3. The molecule has 0 saturated carbocycles. The molecule has 1 unspecified atom stereocenters. The lowest BCUT2D eigenvalue weighted by atomic mass is 10.1. The Kier molecular flexibility index (Phi) is 4.49. The number of carboxylic acid groups (broad SMARTS) is 1. The van der Waals surface area contributed by atoms with Gasteiger partial charge in [-0.05, 0) is 24.3 Å². The number of carbonyl (C=O) groups is 1. The zero-order chi connectivity index (χ0) is 14.5. The summed E-state index contributed by atoms with van der Waals surface area (Å²) in [6, 6.07) is 6.49. The van der Waals surface area contributed by atoms with Crippen LogP contribution in [0.3, 0.4) is 0 Å². The van der Waals surface area contributed by atoms with Crippen molar-refractivity contribution in [3.8, 4) is 0 Å². The number of halogens is 1. The predicted octanol–water partition coefficient (Wildman–Crippen LogP) is 2.35. The summed E-state index contributed by atoms with van der Waals surface area (Å²) in [6.45, 7) is 0. The van der Waals surface area contributed by atoms with E-state index in [1.165, 1.54) is 12.4 Å². The first-order valence-electron chi connectivity index (χ1n) is 5.86. The summed E-state index contributed by atoms with van der Waals surface area (Å²) in [5.41, 5.74) is 7.10. The average Bonchev–Trinajstić information content (AvgIpc) is 2.41. The molecule has 0 aliphatic rings. The van der Waals surface area contributed by atoms with Crippen molar-refractivity contribution in [2.45, 2.75) is 12.5 Å². The first-order chi connectivity index (χ1) is 9.54. The van der Waals surface area contributed by atoms with E-state index in [0.717, 1.165) is 5.69 Å². The number of nitrogens with one attached hydrogen (secondary N) is 1. The summed E-state index contributed by atoms with van der Waals surface area (Å²) in [4.78, 5) is 18.8. The van der Waals surface area contributed by atoms with E-state index < -0.39 is 12.0 Å². The third-order valence-corrected chi connectivity index (χ3v) is 2.85. The third-order valence-electron chi connectivity index (χ3n) is 2.59. The van der Waals surface area contributed by atoms with Gasteiger partial charge >= 0.3 is 5.97 Å². The van der Waals surface area contributed by atoms with Gasteiger partial charge in [0.1, 0.15) is 0 Å². The fourth-order valence-corrected chi connectivity index (χ4v) is 1.69. The molecule has 0 aliphatic heterocycles. The number of carboxylic acids is 1. The summed E-state index contributed by atoms with van der Waals surface area (Å²) in [5.74, 6) is -0.556. The van der Waals surface area contributed by atoms with Crippen molar-refractivity contribution >= 4 is 29.2 Å². The molecular weight excluding hydrogens is 280 g/mol. The molecule has 0 spiro atoms. The molecule has 1 heterocycles. The maximum atomic E-state index is 10.6. The molecule has 0 bridgehead atoms. The van der Waals surface area contributed by atoms with Gasteiger partial charge in [0, 0.05) is 34.7 Å². The van der Waals surface area contributed by atoms with Crippen LogP contribution in [0.1, 0.15) is 18.0 Å². The van der Waals surface area contributed by atoms with Gasteiger partial charge in [-0.15, -0.1) is 0 Å². The lowest BCUT2D eigenvalue weighted by Crippen LogP contribution is -2.15. The smallest absolute Gasteiger partial charge is 0.305 e. The van der Waals surface area contributed by atoms with E-state index in [2.05, 4.69) is 15.3 Å². The van der Waals surface area contributed by atoms with Crippen LogP contribution in [0, 0.1) is 0 Å². The predicted molar refractivity (Wildman–Crippen MR) is 75.9 cm³/mol. The van der Waals surface area contributed by atoms with E-state index >= 15 is 0 Å². The number of rotatable bonds is 5. The van der Waals surface area contributed by atoms with Crippen LogP contribution in [0.25, 0.3) is 0 Å². The van der Waals surface area contributed by atoms with Crippen LogP contribution in [0.5, 0.6) is 0 Å². The maximum Gasteiger partial charge on any atom is 0.305 e. The molecular formula is C13H13ClN4O2. The molecule has 1 atom stereocenters. The van der Waals surface area contributed by atoms with Crippen molar-refractivity contribution in [1.82, 2.24) is 9.97 Å². The molecule has 0 radical (unpaired) electrons. The highest BCUT2D eigenvalue weighted by atomic mass is 35.5. The molecule has 1 aromatic heterocycles. The Labute approximate surface area is 120 Å². The Morgan fingerprint density at radius 3 is 2.45 bits per heavy atom. The number of aliphatic carboxylic acids is 1. The van der Waals surface area contributed by atoms with Gasteiger partial charge in [-0.2, -0.15) is 0 Å². The van der Waals surface area contributed by atoms with Gasteiger partial charge in [0.05, 0.1) is 6.42 Å². The zero-order valence-electron chi connectivity index (χ0n) is 10.5. The molecule has 0 amide bonds. The summed E-state index contributed by atoms with van der Waals surface area (Å²) >= 11 is 5.79. The Morgan fingerprint density at radius 1 is 1.30 bits per heavy atom. The molecule has 7 heteroatoms. The minimum atomic E-state index is -0.958. The Balaban J connectivity index is 2.04. The molecule has 104 valence electrons. The number of aromatic nitrogens is 2. The Bertz CT molecular complexity index is 586. The minimum absolute atomic E-state index is 0.159. The molecule has 20 heavy (non-hydrogen) atoms. The number of anilines is 2. The lowest BCUT2D eigenvalue weighted by Gasteiger charge is -2.09. The second-order valence-corrected chi connectivity index (χ2v) is 4.61. The van der Waals surface area contributed by atoms with Crippen LogP contribution < -0.4 is 11.1 Å². The highest BCUT2D eigenvalue weighted by Gasteiger charge is 2.11. The molecule has 2 rings (SSSR count). The van der Waals surface area contributed by atoms with E-state index in [0.29, 0.717) is 16.5 Å². The van der Waals surface area contributed by atoms with Gasteiger partial charge in [0.15, 0.2) is 0 Å². The molecule has 0 saturated heterocycles. The van der Waals surface area contributed by atoms with E-state index in [1.807, 2.05) is 0 Å². The van der Waals surface area contributed by atoms with Crippen molar-refractivity contribution in [3.63, 3.8) is 0 Å². The molecule has 2 aromatic rings. The third kappa shape index (κ3) is 3.91. The van der Waals surface area contributed by atoms with Crippen LogP contribution in [0.4, 0.5) is 11.6 Å². The highest BCUT2D eigenvalue weighted by Crippen LogP contribution is 2.17. The van der Waals surface area contributed by atoms with Crippen LogP contribution >= 0.6 is 11.6 Å². The lowest BCUT2D eigenvalue weighted by molar-refractivity contribution is -0.137. The monoisotopic (exact) mass is 292 g/mol. The van der Waals surface area contributed by atoms with Crippen LogP contribution in [-0.2, 0) is 4.79 Å². The second kappa shape index (κ2) is 6.31. The van der Waals surface area contributed by atoms with Gasteiger partial charge in [0.2, 0.25) is 5.95 Å². The number of hydrogen-bond donors (Lipinski definition) is 3. The number of nitrogens with zero attached hydrogens (tertiary/aromatic N) is 2. The number of nitrogens with two attached hydrogens (primary N) is 1. The van der Waals surface area contributed by atoms with Gasteiger partial charge in [-0.25, -0.2) is 9.97 Å². The SMILES string of the molecule is NC(CC(=O)O)c1cnc(Nc2ccc(Cl)cc2)nc1. The van der Waals surface area contributed by atoms with Crippen molar-refractivity contribution in [2.24, 2.45) is 5.73 Å². The van der Waals surface area contributed by atoms with Crippen molar-refractivity contribution in [1.29, 1.82) is 0 Å². The largest absolute Gasteiger partial charge is 0.481 e. The number of benzene rings is 1. The standard InChI is InChI=1S/C13H13ClN4O2/c14-9-1-3-10(4-2-9)18-13-16-6-8(7-17-13)11(15)5-12(19)20/h1-4,6-7,11H,5,15H2,(H,19,20)(H,16,17,18). The van der Waals surface area contributed by atoms with Gasteiger partial charge in [-0.1, -0.05) is 11.6 Å². The van der Waals surface area contributed by atoms with Crippen molar-refractivity contribution < 1.29 is 9.90 Å². The van der Waals surface area contributed by atoms with Crippen LogP contribution in [0.2, 0.25) is 5.02 Å². The van der Waals surface area contributed by atoms with E-state index in [-0.39, 0.29) is 6.42 Å². The fourth-order valence-electron chi connectivity index (χ4n) is 1.56. The van der Waals surface area contributed by atoms with Crippen LogP contribution in [0.15, 0.2) is 36.7 Å². The topological polar surface area (TPSA) is 101 Å². The minimum Gasteiger partial charge on any atom is -0.481 e. The van der Waals surface area contributed by atoms with Gasteiger partial charge in [0.25, 0.3) is 0 Å². The summed E-state index contributed by atoms with van der Waals surface area (Å²) in [7, 11) is 0. The van der Waals surface area contributed by atoms with Crippen molar-refractivity contribution in [3.05, 3.63) is 47.2 Å². The molecule has 0 aliphatic carbocycles. The Morgan fingerprint density at radius 2 is 1.90 bits per heavy atom. The van der Waals surface area contributed by atoms with Crippen molar-refractivity contribution in [2.75, 3.05) is 5.32 Å². The first-order valence-corrected chi connectivity index (χ1v) is 6.24. The second-order valence-electron chi connectivity index (χ2n) is 4.18. The molecule has 6 nitrogen and oxygen atoms in total. The van der Waals surface area contributed by atoms with E-state index in [4.69, 9.17) is 22.4 Å². The van der Waals surface area contributed by atoms with E-state index in [9.17, 15) is 4.79 Å². The summed E-state index contributed by atoms with van der Waals surface area (Å²) in [6.07, 6.45) is 2.87. The molecule has 0 fully saturated rings. The van der Waals surface area contributed by atoms with Gasteiger partial charge < -0.3 is 16.2 Å². The molecule has 1 aromatic carbocycles. The highest BCUT2D eigenvalue weighted by molar-refractivity contribution is 6.30. The quantitative estimate of drug-likeness (QED) is 0.782. The maximum absolute atomic E-state index is 10.6. The normalized spacial score (nSPS) is 11.9. The average molecular weight is 293 g/mol. The fraction of sp³-hybridized carbons (Fsp3) is 0.154. The molecule has 4 N–H and O–H groups in total. The first kappa shape index (κ1) is 14.2. The van der Waals surface area contributed by atoms with Gasteiger partial charge in [-0.3, -0.25) is 4.79 Å². The number of hydrogen-bond acceptors (Lipinski definition) is 5. The Hall–Kier alpha value is -2.18. The van der Waals surface area contributed by atoms with Crippen LogP contribution in [-0.4, -0.2) is 21.0 Å². The van der Waals surface area contributed by atoms with E-state index in [1.54, 1.807) is 24.3 Å². The summed E-state index contributed by atoms with van der Waals surface area (Å²) < 4.78 is 0.